The normalized spacial score (nSPS) is 18.9. The molecule has 1 heterocycles. The summed E-state index contributed by atoms with van der Waals surface area (Å²) in [5, 5.41) is 3.90. The third-order valence-electron chi connectivity index (χ3n) is 2.90. The highest BCUT2D eigenvalue weighted by atomic mass is 35.5. The van der Waals surface area contributed by atoms with Crippen molar-refractivity contribution in [3.8, 4) is 0 Å². The van der Waals surface area contributed by atoms with Crippen LogP contribution in [-0.4, -0.2) is 25.2 Å². The molecule has 0 unspecified atom stereocenters. The summed E-state index contributed by atoms with van der Waals surface area (Å²) in [5.41, 5.74) is 0.762. The minimum Gasteiger partial charge on any atom is -0.376 e. The van der Waals surface area contributed by atoms with Crippen molar-refractivity contribution in [1.82, 2.24) is 5.32 Å². The molecule has 1 N–H and O–H groups in total. The molecule has 1 aliphatic rings. The van der Waals surface area contributed by atoms with E-state index < -0.39 is 0 Å². The Morgan fingerprint density at radius 2 is 2.32 bits per heavy atom. The average molecular weight is 300 g/mol. The zero-order valence-electron chi connectivity index (χ0n) is 10.4. The van der Waals surface area contributed by atoms with Gasteiger partial charge in [-0.1, -0.05) is 29.3 Å². The summed E-state index contributed by atoms with van der Waals surface area (Å²) in [6, 6.07) is 5.15. The SMILES string of the molecule is O=C(/C=C\c1ccc(Cl)cc1Cl)NC[C@@H]1CCCO1. The van der Waals surface area contributed by atoms with Crippen molar-refractivity contribution < 1.29 is 9.53 Å². The lowest BCUT2D eigenvalue weighted by molar-refractivity contribution is -0.116. The van der Waals surface area contributed by atoms with Gasteiger partial charge >= 0.3 is 0 Å². The zero-order chi connectivity index (χ0) is 13.7. The number of rotatable bonds is 4. The van der Waals surface area contributed by atoms with Crippen LogP contribution >= 0.6 is 23.2 Å². The van der Waals surface area contributed by atoms with Crippen LogP contribution in [0.1, 0.15) is 18.4 Å². The Morgan fingerprint density at radius 3 is 3.00 bits per heavy atom. The molecule has 3 nitrogen and oxygen atoms in total. The molecule has 1 aliphatic heterocycles. The Bertz CT molecular complexity index is 482. The van der Waals surface area contributed by atoms with Crippen LogP contribution in [0.4, 0.5) is 0 Å². The number of hydrogen-bond acceptors (Lipinski definition) is 2. The van der Waals surface area contributed by atoms with Crippen molar-refractivity contribution in [2.75, 3.05) is 13.2 Å². The number of benzene rings is 1. The van der Waals surface area contributed by atoms with Gasteiger partial charge in [0.25, 0.3) is 0 Å². The van der Waals surface area contributed by atoms with Gasteiger partial charge in [0.2, 0.25) is 5.91 Å². The van der Waals surface area contributed by atoms with Gasteiger partial charge in [-0.3, -0.25) is 4.79 Å². The second-order valence-corrected chi connectivity index (χ2v) is 5.22. The molecule has 1 fully saturated rings. The molecule has 1 atom stereocenters. The van der Waals surface area contributed by atoms with Gasteiger partial charge in [0.05, 0.1) is 6.10 Å². The Morgan fingerprint density at radius 1 is 1.47 bits per heavy atom. The maximum atomic E-state index is 11.6. The monoisotopic (exact) mass is 299 g/mol. The van der Waals surface area contributed by atoms with Gasteiger partial charge in [-0.25, -0.2) is 0 Å². The van der Waals surface area contributed by atoms with Crippen molar-refractivity contribution in [1.29, 1.82) is 0 Å². The average Bonchev–Trinajstić information content (AvgIpc) is 2.88. The maximum absolute atomic E-state index is 11.6. The van der Waals surface area contributed by atoms with Crippen LogP contribution in [0, 0.1) is 0 Å². The molecular formula is C14H15Cl2NO2. The topological polar surface area (TPSA) is 38.3 Å². The van der Waals surface area contributed by atoms with Crippen molar-refractivity contribution >= 4 is 35.2 Å². The highest BCUT2D eigenvalue weighted by Gasteiger charge is 2.15. The van der Waals surface area contributed by atoms with Gasteiger partial charge < -0.3 is 10.1 Å². The summed E-state index contributed by atoms with van der Waals surface area (Å²) in [6.07, 6.45) is 5.36. The number of ether oxygens (including phenoxy) is 1. The molecule has 102 valence electrons. The Kier molecular flexibility index (Phi) is 5.25. The number of halogens is 2. The summed E-state index contributed by atoms with van der Waals surface area (Å²) in [7, 11) is 0. The van der Waals surface area contributed by atoms with Crippen molar-refractivity contribution in [2.24, 2.45) is 0 Å². The first-order valence-electron chi connectivity index (χ1n) is 6.18. The molecule has 1 aromatic carbocycles. The lowest BCUT2D eigenvalue weighted by atomic mass is 10.2. The number of amides is 1. The van der Waals surface area contributed by atoms with Crippen LogP contribution < -0.4 is 5.32 Å². The summed E-state index contributed by atoms with van der Waals surface area (Å²) in [5.74, 6) is -0.151. The van der Waals surface area contributed by atoms with E-state index >= 15 is 0 Å². The Labute approximate surface area is 122 Å². The second-order valence-electron chi connectivity index (χ2n) is 4.38. The molecule has 1 amide bonds. The van der Waals surface area contributed by atoms with Crippen LogP contribution in [0.15, 0.2) is 24.3 Å². The number of carbonyl (C=O) groups is 1. The quantitative estimate of drug-likeness (QED) is 0.866. The van der Waals surface area contributed by atoms with Crippen LogP contribution in [0.2, 0.25) is 10.0 Å². The van der Waals surface area contributed by atoms with E-state index in [1.54, 1.807) is 24.3 Å². The van der Waals surface area contributed by atoms with Crippen molar-refractivity contribution in [2.45, 2.75) is 18.9 Å². The predicted octanol–water partition coefficient (Wildman–Crippen LogP) is 3.30. The lowest BCUT2D eigenvalue weighted by Gasteiger charge is -2.08. The summed E-state index contributed by atoms with van der Waals surface area (Å²) in [4.78, 5) is 11.6. The maximum Gasteiger partial charge on any atom is 0.244 e. The first-order valence-corrected chi connectivity index (χ1v) is 6.93. The summed E-state index contributed by atoms with van der Waals surface area (Å²) in [6.45, 7) is 1.34. The Hall–Kier alpha value is -1.03. The molecule has 0 aromatic heterocycles. The van der Waals surface area contributed by atoms with Gasteiger partial charge in [-0.15, -0.1) is 0 Å². The van der Waals surface area contributed by atoms with E-state index in [2.05, 4.69) is 5.32 Å². The van der Waals surface area contributed by atoms with Crippen LogP contribution in [0.25, 0.3) is 6.08 Å². The number of carbonyl (C=O) groups excluding carboxylic acids is 1. The highest BCUT2D eigenvalue weighted by Crippen LogP contribution is 2.21. The fraction of sp³-hybridized carbons (Fsp3) is 0.357. The third kappa shape index (κ3) is 4.53. The van der Waals surface area contributed by atoms with Gasteiger partial charge in [0, 0.05) is 29.3 Å². The van der Waals surface area contributed by atoms with E-state index in [0.717, 1.165) is 25.0 Å². The van der Waals surface area contributed by atoms with E-state index in [4.69, 9.17) is 27.9 Å². The molecule has 0 saturated carbocycles. The molecule has 2 rings (SSSR count). The number of nitrogens with one attached hydrogen (secondary N) is 1. The zero-order valence-corrected chi connectivity index (χ0v) is 11.9. The molecule has 0 radical (unpaired) electrons. The standard InChI is InChI=1S/C14H15Cl2NO2/c15-11-5-3-10(13(16)8-11)4-6-14(18)17-9-12-2-1-7-19-12/h3-6,8,12H,1-2,7,9H2,(H,17,18)/b6-4-/t12-/m0/s1. The lowest BCUT2D eigenvalue weighted by Crippen LogP contribution is -2.30. The van der Waals surface area contributed by atoms with Crippen LogP contribution in [-0.2, 0) is 9.53 Å². The first kappa shape index (κ1) is 14.4. The van der Waals surface area contributed by atoms with Gasteiger partial charge in [0.15, 0.2) is 0 Å². The fourth-order valence-electron chi connectivity index (χ4n) is 1.88. The van der Waals surface area contributed by atoms with Gasteiger partial charge in [-0.2, -0.15) is 0 Å². The molecule has 0 bridgehead atoms. The van der Waals surface area contributed by atoms with Crippen LogP contribution in [0.3, 0.4) is 0 Å². The third-order valence-corrected chi connectivity index (χ3v) is 3.47. The molecule has 19 heavy (non-hydrogen) atoms. The van der Waals surface area contributed by atoms with E-state index in [1.807, 2.05) is 0 Å². The van der Waals surface area contributed by atoms with Crippen LogP contribution in [0.5, 0.6) is 0 Å². The molecule has 1 aromatic rings. The predicted molar refractivity (Wildman–Crippen MR) is 77.5 cm³/mol. The van der Waals surface area contributed by atoms with Gasteiger partial charge in [-0.05, 0) is 36.6 Å². The molecule has 0 aliphatic carbocycles. The van der Waals surface area contributed by atoms with Gasteiger partial charge in [0.1, 0.15) is 0 Å². The fourth-order valence-corrected chi connectivity index (χ4v) is 2.35. The molecular weight excluding hydrogens is 285 g/mol. The highest BCUT2D eigenvalue weighted by molar-refractivity contribution is 6.35. The van der Waals surface area contributed by atoms with E-state index in [-0.39, 0.29) is 12.0 Å². The minimum atomic E-state index is -0.151. The molecule has 1 saturated heterocycles. The number of hydrogen-bond donors (Lipinski definition) is 1. The second kappa shape index (κ2) is 6.94. The van der Waals surface area contributed by atoms with E-state index in [1.165, 1.54) is 6.08 Å². The van der Waals surface area contributed by atoms with E-state index in [0.29, 0.717) is 16.6 Å². The summed E-state index contributed by atoms with van der Waals surface area (Å²) >= 11 is 11.8. The first-order chi connectivity index (χ1) is 9.15. The Balaban J connectivity index is 1.85. The largest absolute Gasteiger partial charge is 0.376 e. The van der Waals surface area contributed by atoms with E-state index in [9.17, 15) is 4.79 Å². The summed E-state index contributed by atoms with van der Waals surface area (Å²) < 4.78 is 5.42. The molecule has 5 heteroatoms. The smallest absolute Gasteiger partial charge is 0.244 e. The van der Waals surface area contributed by atoms with Crippen molar-refractivity contribution in [3.63, 3.8) is 0 Å². The minimum absolute atomic E-state index is 0.150. The molecule has 0 spiro atoms. The van der Waals surface area contributed by atoms with Crippen molar-refractivity contribution in [3.05, 3.63) is 39.9 Å².